The summed E-state index contributed by atoms with van der Waals surface area (Å²) in [5, 5.41) is 20.1. The molecule has 6 rings (SSSR count). The van der Waals surface area contributed by atoms with Gasteiger partial charge in [0.15, 0.2) is 0 Å². The van der Waals surface area contributed by atoms with Crippen LogP contribution in [0.3, 0.4) is 0 Å². The van der Waals surface area contributed by atoms with Gasteiger partial charge in [0, 0.05) is 37.2 Å². The number of nitrogens with zero attached hydrogens (tertiary/aromatic N) is 1. The summed E-state index contributed by atoms with van der Waals surface area (Å²) in [6.07, 6.45) is 10.7. The minimum atomic E-state index is -0.925. The Morgan fingerprint density at radius 1 is 1.20 bits per heavy atom. The fraction of sp³-hybridized carbons (Fsp3) is 0.545. The second kappa shape index (κ2) is 11.4. The molecule has 40 heavy (non-hydrogen) atoms. The number of ether oxygens (including phenoxy) is 2. The van der Waals surface area contributed by atoms with E-state index in [1.54, 1.807) is 12.1 Å². The SMILES string of the molecule is CO[C@H](C1=CC[C@@H](CO)CC1)[C@@H]1CC[C@H]1CN1CC2(CCCc3cc(Cl)ccc32)COc2ccc(C(=O)O)cc21. The Labute approximate surface area is 241 Å². The Kier molecular flexibility index (Phi) is 7.86. The summed E-state index contributed by atoms with van der Waals surface area (Å²) in [6, 6.07) is 11.5. The molecule has 1 saturated carbocycles. The molecule has 0 saturated heterocycles. The molecule has 1 unspecified atom stereocenters. The van der Waals surface area contributed by atoms with Crippen LogP contribution in [0.5, 0.6) is 5.75 Å². The van der Waals surface area contributed by atoms with Crippen LogP contribution in [0.1, 0.15) is 66.4 Å². The van der Waals surface area contributed by atoms with Gasteiger partial charge in [0.05, 0.1) is 24.0 Å². The maximum Gasteiger partial charge on any atom is 0.335 e. The van der Waals surface area contributed by atoms with Gasteiger partial charge in [-0.3, -0.25) is 0 Å². The number of aliphatic hydroxyl groups is 1. The van der Waals surface area contributed by atoms with E-state index in [1.807, 2.05) is 19.2 Å². The molecule has 6 nitrogen and oxygen atoms in total. The summed E-state index contributed by atoms with van der Waals surface area (Å²) < 4.78 is 12.6. The van der Waals surface area contributed by atoms with Gasteiger partial charge in [0.1, 0.15) is 5.75 Å². The van der Waals surface area contributed by atoms with Crippen LogP contribution in [0.15, 0.2) is 48.0 Å². The Balaban J connectivity index is 1.32. The molecule has 1 fully saturated rings. The van der Waals surface area contributed by atoms with Gasteiger partial charge >= 0.3 is 5.97 Å². The van der Waals surface area contributed by atoms with Crippen LogP contribution in [0.4, 0.5) is 5.69 Å². The first-order chi connectivity index (χ1) is 19.4. The maximum atomic E-state index is 11.9. The Hall–Kier alpha value is -2.54. The highest BCUT2D eigenvalue weighted by atomic mass is 35.5. The fourth-order valence-corrected chi connectivity index (χ4v) is 7.88. The minimum absolute atomic E-state index is 0.0953. The number of anilines is 1. The highest BCUT2D eigenvalue weighted by Crippen LogP contribution is 2.48. The predicted octanol–water partition coefficient (Wildman–Crippen LogP) is 6.27. The number of carboxylic acid groups (broad SMARTS) is 1. The summed E-state index contributed by atoms with van der Waals surface area (Å²) >= 11 is 6.39. The van der Waals surface area contributed by atoms with Crippen LogP contribution >= 0.6 is 11.6 Å². The van der Waals surface area contributed by atoms with Gasteiger partial charge in [-0.1, -0.05) is 23.7 Å². The minimum Gasteiger partial charge on any atom is -0.490 e. The molecule has 7 heteroatoms. The molecule has 1 heterocycles. The summed E-state index contributed by atoms with van der Waals surface area (Å²) in [4.78, 5) is 14.4. The first kappa shape index (κ1) is 27.6. The lowest BCUT2D eigenvalue weighted by Crippen LogP contribution is -2.50. The third-order valence-electron chi connectivity index (χ3n) is 10.0. The van der Waals surface area contributed by atoms with E-state index in [2.05, 4.69) is 23.1 Å². The zero-order chi connectivity index (χ0) is 27.9. The van der Waals surface area contributed by atoms with E-state index in [9.17, 15) is 15.0 Å². The number of carbonyl (C=O) groups is 1. The molecule has 0 radical (unpaired) electrons. The van der Waals surface area contributed by atoms with Crippen molar-refractivity contribution >= 4 is 23.3 Å². The van der Waals surface area contributed by atoms with Crippen LogP contribution in [0.25, 0.3) is 0 Å². The number of aryl methyl sites for hydroxylation is 1. The van der Waals surface area contributed by atoms with Crippen molar-refractivity contribution in [2.75, 3.05) is 38.3 Å². The second-order valence-corrected chi connectivity index (χ2v) is 12.8. The number of benzene rings is 2. The molecular formula is C33H40ClNO5. The molecule has 3 aliphatic carbocycles. The lowest BCUT2D eigenvalue weighted by Gasteiger charge is -2.47. The van der Waals surface area contributed by atoms with E-state index in [0.717, 1.165) is 80.9 Å². The summed E-state index contributed by atoms with van der Waals surface area (Å²) in [5.74, 6) is 1.05. The van der Waals surface area contributed by atoms with Gasteiger partial charge in [-0.15, -0.1) is 0 Å². The molecule has 0 aromatic heterocycles. The Bertz CT molecular complexity index is 1290. The number of hydrogen-bond donors (Lipinski definition) is 2. The van der Waals surface area contributed by atoms with Crippen molar-refractivity contribution in [3.63, 3.8) is 0 Å². The van der Waals surface area contributed by atoms with Crippen molar-refractivity contribution in [1.29, 1.82) is 0 Å². The lowest BCUT2D eigenvalue weighted by molar-refractivity contribution is 0.00273. The number of methoxy groups -OCH3 is 1. The fourth-order valence-electron chi connectivity index (χ4n) is 7.68. The monoisotopic (exact) mass is 565 g/mol. The van der Waals surface area contributed by atoms with Gasteiger partial charge in [0.25, 0.3) is 0 Å². The van der Waals surface area contributed by atoms with Gasteiger partial charge in [-0.05, 0) is 116 Å². The molecule has 0 bridgehead atoms. The van der Waals surface area contributed by atoms with E-state index < -0.39 is 5.97 Å². The van der Waals surface area contributed by atoms with E-state index in [0.29, 0.717) is 24.4 Å². The molecule has 0 amide bonds. The maximum absolute atomic E-state index is 11.9. The molecule has 5 atom stereocenters. The summed E-state index contributed by atoms with van der Waals surface area (Å²) in [6.45, 7) is 2.42. The van der Waals surface area contributed by atoms with Crippen molar-refractivity contribution in [2.24, 2.45) is 17.8 Å². The van der Waals surface area contributed by atoms with Crippen LogP contribution in [0.2, 0.25) is 5.02 Å². The van der Waals surface area contributed by atoms with E-state index >= 15 is 0 Å². The third kappa shape index (κ3) is 5.15. The number of aliphatic hydroxyl groups excluding tert-OH is 1. The average molecular weight is 566 g/mol. The second-order valence-electron chi connectivity index (χ2n) is 12.4. The van der Waals surface area contributed by atoms with Crippen molar-refractivity contribution in [2.45, 2.75) is 62.9 Å². The largest absolute Gasteiger partial charge is 0.490 e. The lowest BCUT2D eigenvalue weighted by atomic mass is 9.66. The highest BCUT2D eigenvalue weighted by molar-refractivity contribution is 6.30. The summed E-state index contributed by atoms with van der Waals surface area (Å²) in [7, 11) is 1.83. The van der Waals surface area contributed by atoms with Gasteiger partial charge in [-0.25, -0.2) is 4.79 Å². The topological polar surface area (TPSA) is 79.2 Å². The van der Waals surface area contributed by atoms with Crippen LogP contribution in [-0.2, 0) is 16.6 Å². The number of carboxylic acids is 1. The van der Waals surface area contributed by atoms with E-state index in [1.165, 1.54) is 16.7 Å². The molecule has 2 aromatic carbocycles. The smallest absolute Gasteiger partial charge is 0.335 e. The number of rotatable bonds is 7. The van der Waals surface area contributed by atoms with Crippen LogP contribution in [-0.4, -0.2) is 55.7 Å². The summed E-state index contributed by atoms with van der Waals surface area (Å²) in [5.41, 5.74) is 4.95. The zero-order valence-electron chi connectivity index (χ0n) is 23.3. The first-order valence-corrected chi connectivity index (χ1v) is 15.1. The van der Waals surface area contributed by atoms with Gasteiger partial charge < -0.3 is 24.6 Å². The van der Waals surface area contributed by atoms with Gasteiger partial charge in [0.2, 0.25) is 0 Å². The Morgan fingerprint density at radius 3 is 2.77 bits per heavy atom. The van der Waals surface area contributed by atoms with E-state index in [4.69, 9.17) is 21.1 Å². The first-order valence-electron chi connectivity index (χ1n) is 14.8. The van der Waals surface area contributed by atoms with Crippen molar-refractivity contribution < 1.29 is 24.5 Å². The van der Waals surface area contributed by atoms with Crippen LogP contribution < -0.4 is 9.64 Å². The number of hydrogen-bond acceptors (Lipinski definition) is 5. The molecule has 2 N–H and O–H groups in total. The molecule has 214 valence electrons. The number of aromatic carboxylic acids is 1. The number of allylic oxidation sites excluding steroid dienone is 1. The van der Waals surface area contributed by atoms with Crippen molar-refractivity contribution in [3.8, 4) is 5.75 Å². The van der Waals surface area contributed by atoms with Crippen molar-refractivity contribution in [1.82, 2.24) is 0 Å². The zero-order valence-corrected chi connectivity index (χ0v) is 24.0. The molecule has 2 aromatic rings. The predicted molar refractivity (Wildman–Crippen MR) is 157 cm³/mol. The van der Waals surface area contributed by atoms with Gasteiger partial charge in [-0.2, -0.15) is 0 Å². The number of fused-ring (bicyclic) bond motifs is 3. The normalized spacial score (nSPS) is 28.4. The highest BCUT2D eigenvalue weighted by Gasteiger charge is 2.45. The quantitative estimate of drug-likeness (QED) is 0.385. The molecule has 1 spiro atoms. The van der Waals surface area contributed by atoms with E-state index in [-0.39, 0.29) is 23.7 Å². The van der Waals surface area contributed by atoms with Crippen LogP contribution in [0, 0.1) is 17.8 Å². The average Bonchev–Trinajstić information content (AvgIpc) is 3.10. The molecular weight excluding hydrogens is 526 g/mol. The third-order valence-corrected chi connectivity index (χ3v) is 10.3. The molecule has 4 aliphatic rings. The van der Waals surface area contributed by atoms with Crippen molar-refractivity contribution in [3.05, 3.63) is 69.8 Å². The number of halogens is 1. The molecule has 1 aliphatic heterocycles. The Morgan fingerprint density at radius 2 is 2.08 bits per heavy atom. The standard InChI is InChI=1S/C33H40ClNO5/c1-39-31(22-6-4-21(18-36)5-7-22)27-11-8-25(27)17-35-19-33(14-2-3-23-15-26(34)10-12-28(23)33)20-40-30-13-9-24(32(37)38)16-29(30)35/h6,9-10,12-13,15-16,21,25,27,31,36H,2-5,7-8,11,14,17-20H2,1H3,(H,37,38)/t21-,25+,27-,31-,33?/m1/s1.